The van der Waals surface area contributed by atoms with E-state index < -0.39 is 0 Å². The van der Waals surface area contributed by atoms with Crippen molar-refractivity contribution in [2.24, 2.45) is 5.73 Å². The van der Waals surface area contributed by atoms with Crippen LogP contribution in [0.4, 0.5) is 0 Å². The zero-order valence-corrected chi connectivity index (χ0v) is 10.8. The molecule has 0 aliphatic rings. The number of hydrogen-bond donors (Lipinski definition) is 2. The lowest BCUT2D eigenvalue weighted by Crippen LogP contribution is -2.24. The molecule has 0 saturated heterocycles. The van der Waals surface area contributed by atoms with E-state index in [1.165, 1.54) is 0 Å². The molecule has 3 N–H and O–H groups in total. The van der Waals surface area contributed by atoms with Gasteiger partial charge in [-0.15, -0.1) is 12.4 Å². The molecule has 0 saturated carbocycles. The Morgan fingerprint density at radius 3 is 2.41 bits per heavy atom. The third kappa shape index (κ3) is 6.26. The minimum absolute atomic E-state index is 0. The summed E-state index contributed by atoms with van der Waals surface area (Å²) in [7, 11) is 1.67. The first kappa shape index (κ1) is 15.9. The van der Waals surface area contributed by atoms with Crippen LogP contribution in [0.2, 0.25) is 0 Å². The minimum Gasteiger partial charge on any atom is -0.380 e. The van der Waals surface area contributed by atoms with Gasteiger partial charge in [0.05, 0.1) is 6.61 Å². The first-order chi connectivity index (χ1) is 7.76. The number of benzene rings is 1. The number of carbonyl (C=O) groups is 1. The molecule has 1 amide bonds. The summed E-state index contributed by atoms with van der Waals surface area (Å²) in [5, 5.41) is 2.80. The lowest BCUT2D eigenvalue weighted by molar-refractivity contribution is -0.121. The fraction of sp³-hybridized carbons (Fsp3) is 0.417. The molecule has 0 fully saturated rings. The molecule has 0 aliphatic carbocycles. The van der Waals surface area contributed by atoms with Gasteiger partial charge in [-0.25, -0.2) is 0 Å². The summed E-state index contributed by atoms with van der Waals surface area (Å²) in [5.41, 5.74) is 7.48. The van der Waals surface area contributed by atoms with Crippen molar-refractivity contribution in [2.75, 3.05) is 13.7 Å². The monoisotopic (exact) mass is 258 g/mol. The van der Waals surface area contributed by atoms with E-state index in [4.69, 9.17) is 10.5 Å². The standard InChI is InChI=1S/C12H18N2O2.ClH/c1-16-9-11-4-2-10(3-5-11)8-14-12(15)6-7-13;/h2-5H,6-9,13H2,1H3,(H,14,15);1H. The molecule has 0 radical (unpaired) electrons. The van der Waals surface area contributed by atoms with Crippen LogP contribution in [0.1, 0.15) is 17.5 Å². The zero-order chi connectivity index (χ0) is 11.8. The van der Waals surface area contributed by atoms with Crippen LogP contribution in [-0.4, -0.2) is 19.6 Å². The Balaban J connectivity index is 0.00000256. The van der Waals surface area contributed by atoms with E-state index in [1.807, 2.05) is 24.3 Å². The van der Waals surface area contributed by atoms with E-state index in [9.17, 15) is 4.79 Å². The van der Waals surface area contributed by atoms with E-state index in [1.54, 1.807) is 7.11 Å². The van der Waals surface area contributed by atoms with Gasteiger partial charge in [0.2, 0.25) is 5.91 Å². The number of ether oxygens (including phenoxy) is 1. The van der Waals surface area contributed by atoms with Crippen molar-refractivity contribution in [2.45, 2.75) is 19.6 Å². The fourth-order valence-corrected chi connectivity index (χ4v) is 1.34. The highest BCUT2D eigenvalue weighted by atomic mass is 35.5. The number of halogens is 1. The highest BCUT2D eigenvalue weighted by molar-refractivity contribution is 5.85. The fourth-order valence-electron chi connectivity index (χ4n) is 1.34. The van der Waals surface area contributed by atoms with Gasteiger partial charge < -0.3 is 15.8 Å². The van der Waals surface area contributed by atoms with Crippen molar-refractivity contribution in [3.05, 3.63) is 35.4 Å². The van der Waals surface area contributed by atoms with Crippen molar-refractivity contribution in [3.63, 3.8) is 0 Å². The molecule has 17 heavy (non-hydrogen) atoms. The van der Waals surface area contributed by atoms with Gasteiger partial charge >= 0.3 is 0 Å². The highest BCUT2D eigenvalue weighted by Crippen LogP contribution is 2.05. The SMILES string of the molecule is COCc1ccc(CNC(=O)CCN)cc1.Cl. The molecule has 4 nitrogen and oxygen atoms in total. The second-order valence-electron chi connectivity index (χ2n) is 3.56. The molecule has 5 heteroatoms. The summed E-state index contributed by atoms with van der Waals surface area (Å²) in [6.45, 7) is 1.55. The predicted octanol–water partition coefficient (Wildman–Crippen LogP) is 1.22. The largest absolute Gasteiger partial charge is 0.380 e. The smallest absolute Gasteiger partial charge is 0.221 e. The van der Waals surface area contributed by atoms with Gasteiger partial charge in [0.1, 0.15) is 0 Å². The second-order valence-corrected chi connectivity index (χ2v) is 3.56. The van der Waals surface area contributed by atoms with Gasteiger partial charge in [0.25, 0.3) is 0 Å². The summed E-state index contributed by atoms with van der Waals surface area (Å²) in [6, 6.07) is 7.95. The van der Waals surface area contributed by atoms with Gasteiger partial charge in [-0.1, -0.05) is 24.3 Å². The van der Waals surface area contributed by atoms with Crippen molar-refractivity contribution in [3.8, 4) is 0 Å². The van der Waals surface area contributed by atoms with Crippen molar-refractivity contribution >= 4 is 18.3 Å². The third-order valence-electron chi connectivity index (χ3n) is 2.20. The van der Waals surface area contributed by atoms with Crippen LogP contribution >= 0.6 is 12.4 Å². The number of amides is 1. The number of nitrogens with one attached hydrogen (secondary N) is 1. The molecule has 0 aromatic heterocycles. The first-order valence-electron chi connectivity index (χ1n) is 5.29. The molecule has 0 bridgehead atoms. The summed E-state index contributed by atoms with van der Waals surface area (Å²) in [5.74, 6) is -0.0107. The van der Waals surface area contributed by atoms with Crippen LogP contribution in [0.25, 0.3) is 0 Å². The predicted molar refractivity (Wildman–Crippen MR) is 69.9 cm³/mol. The normalized spacial score (nSPS) is 9.53. The number of carbonyl (C=O) groups excluding carboxylic acids is 1. The first-order valence-corrected chi connectivity index (χ1v) is 5.29. The molecule has 0 heterocycles. The number of hydrogen-bond acceptors (Lipinski definition) is 3. The van der Waals surface area contributed by atoms with Gasteiger partial charge in [-0.3, -0.25) is 4.79 Å². The van der Waals surface area contributed by atoms with Crippen molar-refractivity contribution in [1.82, 2.24) is 5.32 Å². The molecule has 1 aromatic rings. The molecular formula is C12H19ClN2O2. The van der Waals surface area contributed by atoms with Crippen LogP contribution in [0.15, 0.2) is 24.3 Å². The molecule has 0 atom stereocenters. The average molecular weight is 259 g/mol. The van der Waals surface area contributed by atoms with E-state index in [-0.39, 0.29) is 18.3 Å². The molecule has 1 aromatic carbocycles. The minimum atomic E-state index is -0.0107. The quantitative estimate of drug-likeness (QED) is 0.806. The molecule has 1 rings (SSSR count). The summed E-state index contributed by atoms with van der Waals surface area (Å²) < 4.78 is 5.01. The molecule has 0 spiro atoms. The Bertz CT molecular complexity index is 328. The Morgan fingerprint density at radius 1 is 1.29 bits per heavy atom. The Hall–Kier alpha value is -1.10. The van der Waals surface area contributed by atoms with Crippen LogP contribution in [0.3, 0.4) is 0 Å². The maximum Gasteiger partial charge on any atom is 0.221 e. The lowest BCUT2D eigenvalue weighted by Gasteiger charge is -2.05. The zero-order valence-electron chi connectivity index (χ0n) is 9.94. The van der Waals surface area contributed by atoms with Gasteiger partial charge in [-0.05, 0) is 11.1 Å². The maximum atomic E-state index is 11.2. The van der Waals surface area contributed by atoms with Crippen LogP contribution < -0.4 is 11.1 Å². The van der Waals surface area contributed by atoms with Gasteiger partial charge in [-0.2, -0.15) is 0 Å². The maximum absolute atomic E-state index is 11.2. The Labute approximate surface area is 108 Å². The molecule has 0 aliphatic heterocycles. The Morgan fingerprint density at radius 2 is 1.88 bits per heavy atom. The van der Waals surface area contributed by atoms with Crippen molar-refractivity contribution in [1.29, 1.82) is 0 Å². The van der Waals surface area contributed by atoms with E-state index >= 15 is 0 Å². The average Bonchev–Trinajstić information content (AvgIpc) is 2.29. The van der Waals surface area contributed by atoms with Crippen LogP contribution in [0.5, 0.6) is 0 Å². The lowest BCUT2D eigenvalue weighted by atomic mass is 10.1. The summed E-state index contributed by atoms with van der Waals surface area (Å²) >= 11 is 0. The van der Waals surface area contributed by atoms with E-state index in [0.717, 1.165) is 11.1 Å². The topological polar surface area (TPSA) is 64.3 Å². The van der Waals surface area contributed by atoms with Gasteiger partial charge in [0, 0.05) is 26.6 Å². The molecular weight excluding hydrogens is 240 g/mol. The summed E-state index contributed by atoms with van der Waals surface area (Å²) in [4.78, 5) is 11.2. The number of nitrogens with two attached hydrogens (primary N) is 1. The third-order valence-corrected chi connectivity index (χ3v) is 2.20. The van der Waals surface area contributed by atoms with Crippen LogP contribution in [-0.2, 0) is 22.7 Å². The van der Waals surface area contributed by atoms with Gasteiger partial charge in [0.15, 0.2) is 0 Å². The summed E-state index contributed by atoms with van der Waals surface area (Å²) in [6.07, 6.45) is 0.377. The Kier molecular flexibility index (Phi) is 8.40. The number of methoxy groups -OCH3 is 1. The highest BCUT2D eigenvalue weighted by Gasteiger charge is 1.99. The van der Waals surface area contributed by atoms with Crippen LogP contribution in [0, 0.1) is 0 Å². The second kappa shape index (κ2) is 8.98. The van der Waals surface area contributed by atoms with Crippen molar-refractivity contribution < 1.29 is 9.53 Å². The molecule has 96 valence electrons. The van der Waals surface area contributed by atoms with E-state index in [0.29, 0.717) is 26.1 Å². The van der Waals surface area contributed by atoms with E-state index in [2.05, 4.69) is 5.32 Å². The molecule has 0 unspecified atom stereocenters. The number of rotatable bonds is 6.